The second kappa shape index (κ2) is 25.9. The number of aryl methyl sites for hydroxylation is 1. The number of anilines is 1. The van der Waals surface area contributed by atoms with Gasteiger partial charge in [-0.15, -0.1) is 0 Å². The molecule has 0 aliphatic rings. The maximum Gasteiger partial charge on any atom is 0.336 e. The number of ketones is 1. The van der Waals surface area contributed by atoms with E-state index in [2.05, 4.69) is 43.8 Å². The molecule has 0 bridgehead atoms. The molecule has 4 aromatic rings. The summed E-state index contributed by atoms with van der Waals surface area (Å²) in [6.07, 6.45) is 12.7. The molecule has 0 aliphatic heterocycles. The fraction of sp³-hybridized carbons (Fsp3) is 0.167. The first kappa shape index (κ1) is 46.1. The Hall–Kier alpha value is -4.94. The number of nitrogens with one attached hydrogen (secondary N) is 1. The molecule has 0 unspecified atom stereocenters. The fourth-order valence-corrected chi connectivity index (χ4v) is 5.44. The van der Waals surface area contributed by atoms with E-state index in [4.69, 9.17) is 9.66 Å². The van der Waals surface area contributed by atoms with Crippen LogP contribution in [-0.4, -0.2) is 59.8 Å². The van der Waals surface area contributed by atoms with Gasteiger partial charge in [0.2, 0.25) is 5.91 Å². The molecule has 0 atom stereocenters. The van der Waals surface area contributed by atoms with Gasteiger partial charge < -0.3 is 10.4 Å². The predicted octanol–water partition coefficient (Wildman–Crippen LogP) is 9.82. The lowest BCUT2D eigenvalue weighted by molar-refractivity contribution is -0.117. The van der Waals surface area contributed by atoms with Gasteiger partial charge in [-0.1, -0.05) is 117 Å². The van der Waals surface area contributed by atoms with Crippen molar-refractivity contribution in [2.45, 2.75) is 24.2 Å². The van der Waals surface area contributed by atoms with Gasteiger partial charge in [-0.3, -0.25) is 14.1 Å². The van der Waals surface area contributed by atoms with Crippen molar-refractivity contribution >= 4 is 81.3 Å². The highest BCUT2D eigenvalue weighted by molar-refractivity contribution is 7.99. The molecule has 8 nitrogen and oxygen atoms in total. The number of Topliss-reactive ketones (excluding diaryl/α,β-unsaturated/α-hetero) is 1. The number of carboxylic acid groups (broad SMARTS) is 1. The van der Waals surface area contributed by atoms with Crippen molar-refractivity contribution < 1.29 is 32.5 Å². The van der Waals surface area contributed by atoms with Crippen LogP contribution in [0.3, 0.4) is 0 Å². The minimum Gasteiger partial charge on any atom is -0.478 e. The summed E-state index contributed by atoms with van der Waals surface area (Å²) < 4.78 is 29.7. The van der Waals surface area contributed by atoms with E-state index in [-0.39, 0.29) is 10.8 Å². The van der Waals surface area contributed by atoms with Gasteiger partial charge in [0.1, 0.15) is 5.78 Å². The van der Waals surface area contributed by atoms with Crippen LogP contribution < -0.4 is 5.32 Å². The lowest BCUT2D eigenvalue weighted by Gasteiger charge is -2.04. The molecule has 0 saturated carbocycles. The lowest BCUT2D eigenvalue weighted by Crippen LogP contribution is -2.11. The summed E-state index contributed by atoms with van der Waals surface area (Å²) in [5.74, 6) is 0.966. The molecule has 1 amide bonds. The molecule has 280 valence electrons. The van der Waals surface area contributed by atoms with Gasteiger partial charge in [0.05, 0.1) is 16.2 Å². The Morgan fingerprint density at radius 1 is 0.698 bits per heavy atom. The van der Waals surface area contributed by atoms with E-state index in [1.165, 1.54) is 23.8 Å². The van der Waals surface area contributed by atoms with E-state index >= 15 is 0 Å². The van der Waals surface area contributed by atoms with Crippen molar-refractivity contribution in [1.82, 2.24) is 0 Å². The number of rotatable bonds is 15. The number of amides is 1. The molecule has 0 saturated heterocycles. The van der Waals surface area contributed by atoms with E-state index in [0.29, 0.717) is 35.5 Å². The number of carbonyl (C=O) groups excluding carboxylic acids is 2. The molecule has 0 aliphatic carbocycles. The number of hydrogen-bond donors (Lipinski definition) is 3. The van der Waals surface area contributed by atoms with Gasteiger partial charge >= 0.3 is 5.97 Å². The summed E-state index contributed by atoms with van der Waals surface area (Å²) >= 11 is 3.26. The molecule has 11 heteroatoms. The van der Waals surface area contributed by atoms with Crippen LogP contribution in [0.15, 0.2) is 128 Å². The summed E-state index contributed by atoms with van der Waals surface area (Å²) in [5.41, 5.74) is 5.98. The number of carboxylic acids is 1. The van der Waals surface area contributed by atoms with E-state index in [1.54, 1.807) is 72.1 Å². The molecule has 4 aromatic carbocycles. The minimum absolute atomic E-state index is 0.0655. The van der Waals surface area contributed by atoms with Crippen LogP contribution in [0.5, 0.6) is 0 Å². The van der Waals surface area contributed by atoms with Crippen LogP contribution >= 0.6 is 23.5 Å². The molecule has 0 heterocycles. The summed E-state index contributed by atoms with van der Waals surface area (Å²) in [7, 11) is -4.06. The molecule has 4 rings (SSSR count). The highest BCUT2D eigenvalue weighted by Crippen LogP contribution is 2.13. The third kappa shape index (κ3) is 19.5. The van der Waals surface area contributed by atoms with Crippen molar-refractivity contribution in [3.05, 3.63) is 157 Å². The topological polar surface area (TPSA) is 138 Å². The molecule has 0 spiro atoms. The van der Waals surface area contributed by atoms with E-state index in [1.807, 2.05) is 55.0 Å². The van der Waals surface area contributed by atoms with Gasteiger partial charge in [0, 0.05) is 24.3 Å². The summed E-state index contributed by atoms with van der Waals surface area (Å²) in [4.78, 5) is 33.1. The van der Waals surface area contributed by atoms with E-state index < -0.39 is 16.1 Å². The number of thioether (sulfide) groups is 2. The van der Waals surface area contributed by atoms with Crippen molar-refractivity contribution in [2.75, 3.05) is 29.3 Å². The van der Waals surface area contributed by atoms with Crippen molar-refractivity contribution in [3.63, 3.8) is 0 Å². The highest BCUT2D eigenvalue weighted by Gasteiger charge is 2.07. The zero-order valence-corrected chi connectivity index (χ0v) is 32.5. The predicted molar refractivity (Wildman–Crippen MR) is 226 cm³/mol. The van der Waals surface area contributed by atoms with Gasteiger partial charge in [-0.25, -0.2) is 4.79 Å². The zero-order chi connectivity index (χ0) is 39.6. The third-order valence-electron chi connectivity index (χ3n) is 7.00. The Kier molecular flexibility index (Phi) is 22.5. The second-order valence-electron chi connectivity index (χ2n) is 10.9. The van der Waals surface area contributed by atoms with Crippen molar-refractivity contribution in [1.29, 1.82) is 0 Å². The Bertz CT molecular complexity index is 1890. The molecule has 0 aromatic heterocycles. The Morgan fingerprint density at radius 3 is 1.64 bits per heavy atom. The molecular formula is C42H47NO7S3. The number of hydrogen-bond acceptors (Lipinski definition) is 7. The summed E-state index contributed by atoms with van der Waals surface area (Å²) in [6, 6.07) is 28.3. The Labute approximate surface area is 322 Å². The smallest absolute Gasteiger partial charge is 0.336 e. The summed E-state index contributed by atoms with van der Waals surface area (Å²) in [5, 5.41) is 11.5. The zero-order valence-electron chi connectivity index (χ0n) is 30.1. The van der Waals surface area contributed by atoms with Gasteiger partial charge in [0.15, 0.2) is 0 Å². The second-order valence-corrected chi connectivity index (χ2v) is 14.2. The quantitative estimate of drug-likeness (QED) is 0.101. The highest BCUT2D eigenvalue weighted by atomic mass is 32.2. The first-order valence-electron chi connectivity index (χ1n) is 16.2. The number of aromatic carboxylic acids is 1. The summed E-state index contributed by atoms with van der Waals surface area (Å²) in [6.45, 7) is 14.4. The standard InChI is InChI=1S/C13H16OS.C12H15NOS.C9H8O2.C8H8O3S/c1-3-11-4-6-12(7-5-11)8-9-13(14)10-15-2;1-3-10-4-6-11(7-5-10)13-12(14)8-9-15-2;1-2-7-5-3-4-6-8(7)9(10)11;1-2-7-3-5-8(6-4-7)12(9,10)11/h3-7H,1,8-10H2,2H3;3-7H,1,8-9H2,2H3,(H,13,14);2-6H,1H2,(H,10,11);2-6H,1H2,(H,9,10,11). The van der Waals surface area contributed by atoms with Crippen LogP contribution in [0.25, 0.3) is 24.3 Å². The molecule has 0 radical (unpaired) electrons. The first-order chi connectivity index (χ1) is 25.3. The van der Waals surface area contributed by atoms with Crippen LogP contribution in [-0.2, 0) is 26.1 Å². The maximum absolute atomic E-state index is 11.4. The Morgan fingerprint density at radius 2 is 1.21 bits per heavy atom. The lowest BCUT2D eigenvalue weighted by atomic mass is 10.1. The van der Waals surface area contributed by atoms with Gasteiger partial charge in [-0.2, -0.15) is 31.9 Å². The van der Waals surface area contributed by atoms with Crippen LogP contribution in [0.2, 0.25) is 0 Å². The van der Waals surface area contributed by atoms with Crippen molar-refractivity contribution in [3.8, 4) is 0 Å². The monoisotopic (exact) mass is 773 g/mol. The maximum atomic E-state index is 11.4. The molecule has 3 N–H and O–H groups in total. The average molecular weight is 774 g/mol. The number of benzene rings is 4. The molecule has 53 heavy (non-hydrogen) atoms. The third-order valence-corrected chi connectivity index (χ3v) is 9.09. The van der Waals surface area contributed by atoms with Gasteiger partial charge in [0.25, 0.3) is 10.1 Å². The largest absolute Gasteiger partial charge is 0.478 e. The first-order valence-corrected chi connectivity index (χ1v) is 20.4. The fourth-order valence-electron chi connectivity index (χ4n) is 4.10. The SMILES string of the molecule is C=Cc1ccc(CCC(=O)CSC)cc1.C=Cc1ccc(NC(=O)CCSC)cc1.C=Cc1ccc(S(=O)(=O)O)cc1.C=Cc1ccccc1C(=O)O. The molecule has 0 fully saturated rings. The van der Waals surface area contributed by atoms with Gasteiger partial charge in [-0.05, 0) is 77.1 Å². The van der Waals surface area contributed by atoms with Crippen molar-refractivity contribution in [2.24, 2.45) is 0 Å². The van der Waals surface area contributed by atoms with E-state index in [9.17, 15) is 22.8 Å². The normalized spacial score (nSPS) is 9.94. The van der Waals surface area contributed by atoms with Crippen LogP contribution in [0, 0.1) is 0 Å². The van der Waals surface area contributed by atoms with Crippen LogP contribution in [0.1, 0.15) is 51.0 Å². The van der Waals surface area contributed by atoms with E-state index in [0.717, 1.165) is 34.6 Å². The van der Waals surface area contributed by atoms with Crippen LogP contribution in [0.4, 0.5) is 5.69 Å². The number of carbonyl (C=O) groups is 3. The average Bonchev–Trinajstić information content (AvgIpc) is 3.17. The molecular weight excluding hydrogens is 727 g/mol. The minimum atomic E-state index is -4.06. The Balaban J connectivity index is 0.000000356.